The van der Waals surface area contributed by atoms with Crippen molar-refractivity contribution < 1.29 is 24.5 Å². The molecule has 3 rings (SSSR count). The molecule has 3 heterocycles. The molecule has 2 N–H and O–H groups in total. The molecular weight excluding hydrogens is 310 g/mol. The molecule has 0 aromatic carbocycles. The number of hydrogen-bond donors (Lipinski definition) is 2. The molecule has 3 fully saturated rings. The molecule has 24 heavy (non-hydrogen) atoms. The number of likely N-dealkylation sites (tertiary alicyclic amines) is 1. The predicted octanol–water partition coefficient (Wildman–Crippen LogP) is 1.29. The molecule has 0 aromatic rings. The van der Waals surface area contributed by atoms with E-state index in [1.807, 2.05) is 6.92 Å². The molecule has 0 aliphatic carbocycles. The first kappa shape index (κ1) is 18.1. The van der Waals surface area contributed by atoms with Gasteiger partial charge in [0.1, 0.15) is 6.23 Å². The zero-order valence-corrected chi connectivity index (χ0v) is 14.8. The van der Waals surface area contributed by atoms with Gasteiger partial charge < -0.3 is 24.6 Å². The van der Waals surface area contributed by atoms with E-state index in [4.69, 9.17) is 9.47 Å². The standard InChI is InChI=1S/C18H31NO5/c1-11(17(21)13-7-3-5-9-23-13)16-15(12(2)20)18(22)19(16)14-8-4-6-10-24-14/h11-17,20-21H,3-10H2,1-2H3. The van der Waals surface area contributed by atoms with Crippen molar-refractivity contribution in [2.24, 2.45) is 11.8 Å². The van der Waals surface area contributed by atoms with Crippen molar-refractivity contribution in [3.8, 4) is 0 Å². The van der Waals surface area contributed by atoms with E-state index in [0.29, 0.717) is 13.2 Å². The minimum Gasteiger partial charge on any atom is -0.393 e. The van der Waals surface area contributed by atoms with Crippen LogP contribution in [0.5, 0.6) is 0 Å². The zero-order chi connectivity index (χ0) is 17.3. The summed E-state index contributed by atoms with van der Waals surface area (Å²) in [6.45, 7) is 4.98. The number of ether oxygens (including phenoxy) is 2. The number of aliphatic hydroxyl groups is 2. The summed E-state index contributed by atoms with van der Waals surface area (Å²) < 4.78 is 11.5. The van der Waals surface area contributed by atoms with Crippen LogP contribution in [-0.4, -0.2) is 64.8 Å². The lowest BCUT2D eigenvalue weighted by Crippen LogP contribution is -2.71. The van der Waals surface area contributed by atoms with E-state index in [-0.39, 0.29) is 30.2 Å². The van der Waals surface area contributed by atoms with Gasteiger partial charge in [-0.05, 0) is 45.4 Å². The van der Waals surface area contributed by atoms with E-state index in [1.165, 1.54) is 0 Å². The molecule has 7 unspecified atom stereocenters. The Morgan fingerprint density at radius 2 is 1.71 bits per heavy atom. The number of rotatable bonds is 5. The molecule has 6 heteroatoms. The number of carbonyl (C=O) groups is 1. The third-order valence-corrected chi connectivity index (χ3v) is 5.89. The first-order valence-corrected chi connectivity index (χ1v) is 9.44. The minimum absolute atomic E-state index is 0.0505. The van der Waals surface area contributed by atoms with E-state index in [2.05, 4.69) is 0 Å². The molecule has 7 atom stereocenters. The normalized spacial score (nSPS) is 38.3. The maximum absolute atomic E-state index is 12.6. The van der Waals surface area contributed by atoms with Crippen LogP contribution >= 0.6 is 0 Å². The zero-order valence-electron chi connectivity index (χ0n) is 14.8. The van der Waals surface area contributed by atoms with Crippen LogP contribution < -0.4 is 0 Å². The van der Waals surface area contributed by atoms with Gasteiger partial charge in [0, 0.05) is 19.1 Å². The summed E-state index contributed by atoms with van der Waals surface area (Å²) in [6.07, 6.45) is 4.12. The Morgan fingerprint density at radius 3 is 2.25 bits per heavy atom. The molecule has 0 aromatic heterocycles. The van der Waals surface area contributed by atoms with Crippen molar-refractivity contribution in [1.29, 1.82) is 0 Å². The molecule has 0 bridgehead atoms. The van der Waals surface area contributed by atoms with Gasteiger partial charge in [-0.2, -0.15) is 0 Å². The van der Waals surface area contributed by atoms with Crippen molar-refractivity contribution in [2.45, 2.75) is 83.0 Å². The summed E-state index contributed by atoms with van der Waals surface area (Å²) in [5.74, 6) is -0.662. The van der Waals surface area contributed by atoms with Crippen LogP contribution in [0.15, 0.2) is 0 Å². The van der Waals surface area contributed by atoms with Crippen LogP contribution in [0, 0.1) is 11.8 Å². The van der Waals surface area contributed by atoms with Gasteiger partial charge in [0.15, 0.2) is 0 Å². The maximum Gasteiger partial charge on any atom is 0.232 e. The lowest BCUT2D eigenvalue weighted by molar-refractivity contribution is -0.211. The smallest absolute Gasteiger partial charge is 0.232 e. The van der Waals surface area contributed by atoms with Gasteiger partial charge in [-0.3, -0.25) is 4.79 Å². The molecule has 138 valence electrons. The van der Waals surface area contributed by atoms with E-state index >= 15 is 0 Å². The third kappa shape index (κ3) is 3.34. The van der Waals surface area contributed by atoms with Crippen LogP contribution in [0.25, 0.3) is 0 Å². The highest BCUT2D eigenvalue weighted by molar-refractivity contribution is 5.87. The molecule has 3 aliphatic heterocycles. The lowest BCUT2D eigenvalue weighted by Gasteiger charge is -2.55. The number of β-lactam (4-membered cyclic amide) rings is 1. The number of amides is 1. The second kappa shape index (κ2) is 7.68. The van der Waals surface area contributed by atoms with E-state index in [9.17, 15) is 15.0 Å². The van der Waals surface area contributed by atoms with Crippen LogP contribution in [0.3, 0.4) is 0 Å². The SMILES string of the molecule is CC(O)C1C(=O)N(C2CCCCO2)C1C(C)C(O)C1CCCCO1. The number of carbonyl (C=O) groups excluding carboxylic acids is 1. The average Bonchev–Trinajstić information content (AvgIpc) is 2.59. The third-order valence-electron chi connectivity index (χ3n) is 5.89. The number of hydrogen-bond acceptors (Lipinski definition) is 5. The molecular formula is C18H31NO5. The summed E-state index contributed by atoms with van der Waals surface area (Å²) in [4.78, 5) is 14.4. The van der Waals surface area contributed by atoms with Crippen molar-refractivity contribution >= 4 is 5.91 Å². The summed E-state index contributed by atoms with van der Waals surface area (Å²) in [5, 5.41) is 20.9. The summed E-state index contributed by atoms with van der Waals surface area (Å²) in [6, 6.07) is -0.193. The Kier molecular flexibility index (Phi) is 5.80. The highest BCUT2D eigenvalue weighted by atomic mass is 16.5. The second-order valence-corrected chi connectivity index (χ2v) is 7.58. The van der Waals surface area contributed by atoms with Gasteiger partial charge in [-0.25, -0.2) is 0 Å². The van der Waals surface area contributed by atoms with Gasteiger partial charge in [0.25, 0.3) is 0 Å². The Balaban J connectivity index is 1.73. The van der Waals surface area contributed by atoms with Crippen LogP contribution in [-0.2, 0) is 14.3 Å². The maximum atomic E-state index is 12.6. The fourth-order valence-electron chi connectivity index (χ4n) is 4.48. The minimum atomic E-state index is -0.718. The topological polar surface area (TPSA) is 79.2 Å². The Morgan fingerprint density at radius 1 is 1.04 bits per heavy atom. The van der Waals surface area contributed by atoms with Gasteiger partial charge in [-0.15, -0.1) is 0 Å². The van der Waals surface area contributed by atoms with Crippen LogP contribution in [0.2, 0.25) is 0 Å². The molecule has 3 saturated heterocycles. The van der Waals surface area contributed by atoms with Gasteiger partial charge in [0.05, 0.1) is 30.3 Å². The molecule has 1 amide bonds. The van der Waals surface area contributed by atoms with Gasteiger partial charge in [-0.1, -0.05) is 6.92 Å². The quantitative estimate of drug-likeness (QED) is 0.737. The number of nitrogens with zero attached hydrogens (tertiary/aromatic N) is 1. The predicted molar refractivity (Wildman–Crippen MR) is 88.2 cm³/mol. The molecule has 0 spiro atoms. The average molecular weight is 341 g/mol. The van der Waals surface area contributed by atoms with Crippen molar-refractivity contribution in [3.05, 3.63) is 0 Å². The monoisotopic (exact) mass is 341 g/mol. The molecule has 6 nitrogen and oxygen atoms in total. The molecule has 0 radical (unpaired) electrons. The Bertz CT molecular complexity index is 431. The van der Waals surface area contributed by atoms with Crippen molar-refractivity contribution in [3.63, 3.8) is 0 Å². The van der Waals surface area contributed by atoms with Crippen molar-refractivity contribution in [2.75, 3.05) is 13.2 Å². The lowest BCUT2D eigenvalue weighted by atomic mass is 9.73. The second-order valence-electron chi connectivity index (χ2n) is 7.58. The van der Waals surface area contributed by atoms with Gasteiger partial charge in [0.2, 0.25) is 5.91 Å². The van der Waals surface area contributed by atoms with Crippen LogP contribution in [0.1, 0.15) is 52.4 Å². The van der Waals surface area contributed by atoms with Gasteiger partial charge >= 0.3 is 0 Å². The first-order chi connectivity index (χ1) is 11.5. The fraction of sp³-hybridized carbons (Fsp3) is 0.944. The first-order valence-electron chi connectivity index (χ1n) is 9.44. The summed E-state index contributed by atoms with van der Waals surface area (Å²) in [7, 11) is 0. The highest BCUT2D eigenvalue weighted by Crippen LogP contribution is 2.40. The highest BCUT2D eigenvalue weighted by Gasteiger charge is 2.56. The molecule has 0 saturated carbocycles. The summed E-state index contributed by atoms with van der Waals surface area (Å²) >= 11 is 0. The largest absolute Gasteiger partial charge is 0.393 e. The van der Waals surface area contributed by atoms with E-state index in [1.54, 1.807) is 11.8 Å². The van der Waals surface area contributed by atoms with E-state index in [0.717, 1.165) is 38.5 Å². The van der Waals surface area contributed by atoms with Crippen molar-refractivity contribution in [1.82, 2.24) is 4.90 Å². The van der Waals surface area contributed by atoms with Crippen LogP contribution in [0.4, 0.5) is 0 Å². The Labute approximate surface area is 144 Å². The fourth-order valence-corrected chi connectivity index (χ4v) is 4.48. The Hall–Kier alpha value is -0.690. The summed E-state index contributed by atoms with van der Waals surface area (Å²) in [5.41, 5.74) is 0. The van der Waals surface area contributed by atoms with E-state index < -0.39 is 18.1 Å². The number of aliphatic hydroxyl groups excluding tert-OH is 2. The molecule has 3 aliphatic rings.